The SMILES string of the molecule is Cc1c(NC2CCSC2)cnn1C. The van der Waals surface area contributed by atoms with Crippen LogP contribution in [0.3, 0.4) is 0 Å². The molecule has 1 aromatic rings. The Morgan fingerprint density at radius 1 is 1.69 bits per heavy atom. The molecule has 1 atom stereocenters. The number of hydrogen-bond acceptors (Lipinski definition) is 3. The lowest BCUT2D eigenvalue weighted by molar-refractivity contribution is 0.739. The van der Waals surface area contributed by atoms with Crippen LogP contribution < -0.4 is 5.32 Å². The number of nitrogens with one attached hydrogen (secondary N) is 1. The van der Waals surface area contributed by atoms with Crippen molar-refractivity contribution >= 4 is 17.4 Å². The van der Waals surface area contributed by atoms with E-state index in [1.165, 1.54) is 29.3 Å². The predicted octanol–water partition coefficient (Wildman–Crippen LogP) is 1.65. The molecule has 2 rings (SSSR count). The Kier molecular flexibility index (Phi) is 2.49. The van der Waals surface area contributed by atoms with Gasteiger partial charge in [0.2, 0.25) is 0 Å². The summed E-state index contributed by atoms with van der Waals surface area (Å²) in [7, 11) is 1.98. The number of hydrogen-bond donors (Lipinski definition) is 1. The van der Waals surface area contributed by atoms with E-state index in [0.29, 0.717) is 6.04 Å². The van der Waals surface area contributed by atoms with E-state index < -0.39 is 0 Å². The second-order valence-corrected chi connectivity index (χ2v) is 4.62. The smallest absolute Gasteiger partial charge is 0.0758 e. The number of thioether (sulfide) groups is 1. The molecule has 1 aliphatic rings. The zero-order chi connectivity index (χ0) is 9.26. The van der Waals surface area contributed by atoms with Crippen molar-refractivity contribution < 1.29 is 0 Å². The highest BCUT2D eigenvalue weighted by molar-refractivity contribution is 7.99. The fraction of sp³-hybridized carbons (Fsp3) is 0.667. The van der Waals surface area contributed by atoms with Crippen LogP contribution in [0.4, 0.5) is 5.69 Å². The molecule has 0 bridgehead atoms. The molecular weight excluding hydrogens is 182 g/mol. The second-order valence-electron chi connectivity index (χ2n) is 3.47. The summed E-state index contributed by atoms with van der Waals surface area (Å²) >= 11 is 2.02. The largest absolute Gasteiger partial charge is 0.379 e. The van der Waals surface area contributed by atoms with E-state index in [4.69, 9.17) is 0 Å². The Labute approximate surface area is 82.9 Å². The van der Waals surface area contributed by atoms with Crippen molar-refractivity contribution in [2.24, 2.45) is 7.05 Å². The van der Waals surface area contributed by atoms with Crippen LogP contribution in [-0.4, -0.2) is 27.3 Å². The molecule has 1 fully saturated rings. The van der Waals surface area contributed by atoms with Crippen LogP contribution in [0.2, 0.25) is 0 Å². The summed E-state index contributed by atoms with van der Waals surface area (Å²) in [5.74, 6) is 2.52. The molecule has 1 unspecified atom stereocenters. The fourth-order valence-electron chi connectivity index (χ4n) is 1.51. The molecule has 1 aromatic heterocycles. The molecule has 1 N–H and O–H groups in total. The van der Waals surface area contributed by atoms with Crippen molar-refractivity contribution in [3.8, 4) is 0 Å². The fourth-order valence-corrected chi connectivity index (χ4v) is 2.66. The Morgan fingerprint density at radius 2 is 2.54 bits per heavy atom. The first-order valence-electron chi connectivity index (χ1n) is 4.60. The highest BCUT2D eigenvalue weighted by Gasteiger charge is 2.16. The van der Waals surface area contributed by atoms with Gasteiger partial charge < -0.3 is 5.32 Å². The van der Waals surface area contributed by atoms with Gasteiger partial charge in [-0.05, 0) is 19.1 Å². The van der Waals surface area contributed by atoms with Gasteiger partial charge in [0.25, 0.3) is 0 Å². The zero-order valence-electron chi connectivity index (χ0n) is 8.08. The first-order chi connectivity index (χ1) is 6.27. The highest BCUT2D eigenvalue weighted by Crippen LogP contribution is 2.22. The molecular formula is C9H15N3S. The van der Waals surface area contributed by atoms with E-state index in [2.05, 4.69) is 17.3 Å². The molecule has 0 aliphatic carbocycles. The maximum Gasteiger partial charge on any atom is 0.0758 e. The Hall–Kier alpha value is -0.640. The maximum atomic E-state index is 4.21. The van der Waals surface area contributed by atoms with Gasteiger partial charge in [-0.1, -0.05) is 0 Å². The van der Waals surface area contributed by atoms with Crippen LogP contribution in [0.15, 0.2) is 6.20 Å². The van der Waals surface area contributed by atoms with Gasteiger partial charge in [-0.25, -0.2) is 0 Å². The van der Waals surface area contributed by atoms with Crippen molar-refractivity contribution in [1.82, 2.24) is 9.78 Å². The van der Waals surface area contributed by atoms with Gasteiger partial charge in [0, 0.05) is 18.8 Å². The average Bonchev–Trinajstić information content (AvgIpc) is 2.71. The van der Waals surface area contributed by atoms with Crippen molar-refractivity contribution in [2.75, 3.05) is 16.8 Å². The molecule has 0 aromatic carbocycles. The van der Waals surface area contributed by atoms with Gasteiger partial charge in [0.05, 0.1) is 17.6 Å². The third-order valence-electron chi connectivity index (χ3n) is 2.52. The van der Waals surface area contributed by atoms with Gasteiger partial charge in [-0.15, -0.1) is 0 Å². The molecule has 4 heteroatoms. The Morgan fingerprint density at radius 3 is 3.08 bits per heavy atom. The van der Waals surface area contributed by atoms with Crippen LogP contribution in [0, 0.1) is 6.92 Å². The molecule has 2 heterocycles. The van der Waals surface area contributed by atoms with E-state index in [1.807, 2.05) is 29.7 Å². The zero-order valence-corrected chi connectivity index (χ0v) is 8.90. The maximum absolute atomic E-state index is 4.21. The number of rotatable bonds is 2. The van der Waals surface area contributed by atoms with Crippen molar-refractivity contribution in [3.05, 3.63) is 11.9 Å². The molecule has 72 valence electrons. The standard InChI is InChI=1S/C9H15N3S/c1-7-9(5-10-12(7)2)11-8-3-4-13-6-8/h5,8,11H,3-4,6H2,1-2H3. The van der Waals surface area contributed by atoms with E-state index in [-0.39, 0.29) is 0 Å². The minimum Gasteiger partial charge on any atom is -0.379 e. The van der Waals surface area contributed by atoms with Crippen LogP contribution in [-0.2, 0) is 7.05 Å². The lowest BCUT2D eigenvalue weighted by atomic mass is 10.2. The summed E-state index contributed by atoms with van der Waals surface area (Å²) in [4.78, 5) is 0. The Bertz CT molecular complexity index is 289. The first-order valence-corrected chi connectivity index (χ1v) is 5.75. The first kappa shape index (κ1) is 8.94. The Balaban J connectivity index is 2.04. The van der Waals surface area contributed by atoms with Crippen LogP contribution >= 0.6 is 11.8 Å². The quantitative estimate of drug-likeness (QED) is 0.781. The normalized spacial score (nSPS) is 22.2. The third kappa shape index (κ3) is 1.82. The monoisotopic (exact) mass is 197 g/mol. The van der Waals surface area contributed by atoms with E-state index in [0.717, 1.165) is 0 Å². The number of aryl methyl sites for hydroxylation is 1. The second kappa shape index (κ2) is 3.62. The molecule has 0 amide bonds. The molecule has 13 heavy (non-hydrogen) atoms. The summed E-state index contributed by atoms with van der Waals surface area (Å²) in [6.07, 6.45) is 3.19. The lowest BCUT2D eigenvalue weighted by Crippen LogP contribution is -2.18. The number of aromatic nitrogens is 2. The summed E-state index contributed by atoms with van der Waals surface area (Å²) in [5, 5.41) is 7.73. The molecule has 3 nitrogen and oxygen atoms in total. The minimum absolute atomic E-state index is 0.646. The third-order valence-corrected chi connectivity index (χ3v) is 3.69. The minimum atomic E-state index is 0.646. The van der Waals surface area contributed by atoms with Crippen LogP contribution in [0.1, 0.15) is 12.1 Å². The molecule has 0 spiro atoms. The summed E-state index contributed by atoms with van der Waals surface area (Å²) in [6, 6.07) is 0.646. The van der Waals surface area contributed by atoms with Gasteiger partial charge in [-0.3, -0.25) is 4.68 Å². The van der Waals surface area contributed by atoms with Gasteiger partial charge >= 0.3 is 0 Å². The van der Waals surface area contributed by atoms with E-state index in [1.54, 1.807) is 0 Å². The van der Waals surface area contributed by atoms with Crippen LogP contribution in [0.5, 0.6) is 0 Å². The average molecular weight is 197 g/mol. The van der Waals surface area contributed by atoms with Gasteiger partial charge in [-0.2, -0.15) is 16.9 Å². The highest BCUT2D eigenvalue weighted by atomic mass is 32.2. The molecule has 1 aliphatic heterocycles. The van der Waals surface area contributed by atoms with E-state index >= 15 is 0 Å². The number of nitrogens with zero attached hydrogens (tertiary/aromatic N) is 2. The predicted molar refractivity (Wildman–Crippen MR) is 57.3 cm³/mol. The van der Waals surface area contributed by atoms with Crippen molar-refractivity contribution in [2.45, 2.75) is 19.4 Å². The summed E-state index contributed by atoms with van der Waals surface area (Å²) < 4.78 is 1.91. The van der Waals surface area contributed by atoms with Crippen molar-refractivity contribution in [3.63, 3.8) is 0 Å². The molecule has 0 saturated carbocycles. The van der Waals surface area contributed by atoms with Crippen molar-refractivity contribution in [1.29, 1.82) is 0 Å². The van der Waals surface area contributed by atoms with Crippen LogP contribution in [0.25, 0.3) is 0 Å². The lowest BCUT2D eigenvalue weighted by Gasteiger charge is -2.11. The topological polar surface area (TPSA) is 29.9 Å². The van der Waals surface area contributed by atoms with E-state index in [9.17, 15) is 0 Å². The number of anilines is 1. The molecule has 0 radical (unpaired) electrons. The molecule has 1 saturated heterocycles. The van der Waals surface area contributed by atoms with Gasteiger partial charge in [0.1, 0.15) is 0 Å². The van der Waals surface area contributed by atoms with Gasteiger partial charge in [0.15, 0.2) is 0 Å². The summed E-state index contributed by atoms with van der Waals surface area (Å²) in [5.41, 5.74) is 2.41. The summed E-state index contributed by atoms with van der Waals surface area (Å²) in [6.45, 7) is 2.09.